The Balaban J connectivity index is 0.000000333. The molecule has 1 heterocycles. The van der Waals surface area contributed by atoms with E-state index < -0.39 is 41.5 Å². The number of amides is 1. The molecule has 41 heavy (non-hydrogen) atoms. The van der Waals surface area contributed by atoms with Crippen molar-refractivity contribution in [2.75, 3.05) is 21.3 Å². The van der Waals surface area contributed by atoms with E-state index in [0.717, 1.165) is 0 Å². The number of hydrogen-bond acceptors (Lipinski definition) is 9. The highest BCUT2D eigenvalue weighted by Gasteiger charge is 2.27. The van der Waals surface area contributed by atoms with Crippen LogP contribution in [0.15, 0.2) is 48.7 Å². The molecule has 2 aromatic carbocycles. The van der Waals surface area contributed by atoms with Crippen LogP contribution in [0, 0.1) is 11.6 Å². The number of nitrogens with zero attached hydrogens (tertiary/aromatic N) is 1. The monoisotopic (exact) mass is 574 g/mol. The minimum atomic E-state index is -0.787. The second-order valence-electron chi connectivity index (χ2n) is 8.52. The first-order chi connectivity index (χ1) is 19.4. The predicted molar refractivity (Wildman–Crippen MR) is 144 cm³/mol. The maximum Gasteiger partial charge on any atom is 0.308 e. The van der Waals surface area contributed by atoms with Crippen LogP contribution in [0.3, 0.4) is 0 Å². The molecule has 0 saturated carbocycles. The summed E-state index contributed by atoms with van der Waals surface area (Å²) in [7, 11) is 4.24. The molecule has 3 rings (SSSR count). The Bertz CT molecular complexity index is 1330. The summed E-state index contributed by atoms with van der Waals surface area (Å²) in [5.74, 6) is -2.54. The minimum absolute atomic E-state index is 0.0556. The topological polar surface area (TPSA) is 136 Å². The minimum Gasteiger partial charge on any atom is -0.497 e. The maximum atomic E-state index is 14.0. The quantitative estimate of drug-likeness (QED) is 0.345. The third kappa shape index (κ3) is 9.16. The third-order valence-electron chi connectivity index (χ3n) is 5.62. The van der Waals surface area contributed by atoms with Crippen LogP contribution in [0.2, 0.25) is 0 Å². The van der Waals surface area contributed by atoms with Crippen molar-refractivity contribution in [2.45, 2.75) is 39.2 Å². The van der Waals surface area contributed by atoms with Crippen molar-refractivity contribution in [2.24, 2.45) is 5.73 Å². The fourth-order valence-corrected chi connectivity index (χ4v) is 3.87. The van der Waals surface area contributed by atoms with Gasteiger partial charge >= 0.3 is 11.9 Å². The van der Waals surface area contributed by atoms with E-state index in [9.17, 15) is 23.2 Å². The van der Waals surface area contributed by atoms with Crippen LogP contribution in [0.5, 0.6) is 23.0 Å². The second kappa shape index (κ2) is 15.2. The third-order valence-corrected chi connectivity index (χ3v) is 5.62. The van der Waals surface area contributed by atoms with Gasteiger partial charge < -0.3 is 29.4 Å². The van der Waals surface area contributed by atoms with Crippen LogP contribution in [-0.2, 0) is 14.3 Å². The zero-order chi connectivity index (χ0) is 30.7. The van der Waals surface area contributed by atoms with E-state index in [1.54, 1.807) is 26.0 Å². The molecular formula is C29H32F2N2O8. The van der Waals surface area contributed by atoms with E-state index in [1.807, 2.05) is 0 Å². The van der Waals surface area contributed by atoms with Crippen molar-refractivity contribution >= 4 is 17.8 Å². The molecule has 3 aromatic rings. The number of nitrogens with two attached hydrogens (primary N) is 1. The first kappa shape index (κ1) is 32.5. The first-order valence-electron chi connectivity index (χ1n) is 12.3. The number of carbonyl (C=O) groups excluding carboxylic acids is 3. The molecule has 1 amide bonds. The van der Waals surface area contributed by atoms with Crippen LogP contribution in [-0.4, -0.2) is 50.3 Å². The summed E-state index contributed by atoms with van der Waals surface area (Å²) in [5, 5.41) is 0. The molecule has 1 atom stereocenters. The average Bonchev–Trinajstić information content (AvgIpc) is 2.92. The summed E-state index contributed by atoms with van der Waals surface area (Å²) in [5.41, 5.74) is 5.94. The maximum absolute atomic E-state index is 14.0. The lowest BCUT2D eigenvalue weighted by atomic mass is 9.86. The number of methoxy groups -OCH3 is 3. The van der Waals surface area contributed by atoms with Crippen LogP contribution in [0.25, 0.3) is 0 Å². The smallest absolute Gasteiger partial charge is 0.308 e. The van der Waals surface area contributed by atoms with Crippen LogP contribution in [0.1, 0.15) is 54.7 Å². The predicted octanol–water partition coefficient (Wildman–Crippen LogP) is 4.57. The van der Waals surface area contributed by atoms with Gasteiger partial charge in [-0.25, -0.2) is 13.8 Å². The molecule has 0 aliphatic carbocycles. The molecule has 1 unspecified atom stereocenters. The molecule has 0 spiro atoms. The number of rotatable bonds is 10. The van der Waals surface area contributed by atoms with E-state index in [4.69, 9.17) is 29.4 Å². The van der Waals surface area contributed by atoms with Gasteiger partial charge in [-0.1, -0.05) is 6.92 Å². The van der Waals surface area contributed by atoms with Gasteiger partial charge in [0.15, 0.2) is 11.4 Å². The molecule has 1 aromatic heterocycles. The Kier molecular flexibility index (Phi) is 12.0. The lowest BCUT2D eigenvalue weighted by Crippen LogP contribution is -2.23. The Morgan fingerprint density at radius 3 is 1.85 bits per heavy atom. The SMILES string of the molecule is CCC(=O)OC(C)C(c1cc(F)cc(OC)c1)c1cc(F)cc(OC)c1.COc1ccnc(C(N)=O)c1OC(C)=O. The number of aromatic nitrogens is 1. The van der Waals surface area contributed by atoms with Gasteiger partial charge in [-0.3, -0.25) is 14.4 Å². The number of benzene rings is 2. The molecule has 0 aliphatic heterocycles. The van der Waals surface area contributed by atoms with Crippen LogP contribution >= 0.6 is 0 Å². The molecule has 0 aliphatic rings. The van der Waals surface area contributed by atoms with Gasteiger partial charge in [-0.05, 0) is 42.3 Å². The van der Waals surface area contributed by atoms with Crippen molar-refractivity contribution in [3.8, 4) is 23.0 Å². The van der Waals surface area contributed by atoms with Crippen molar-refractivity contribution in [1.82, 2.24) is 4.98 Å². The van der Waals surface area contributed by atoms with E-state index in [2.05, 4.69) is 4.98 Å². The van der Waals surface area contributed by atoms with Gasteiger partial charge in [0.1, 0.15) is 29.2 Å². The van der Waals surface area contributed by atoms with Crippen molar-refractivity contribution in [3.63, 3.8) is 0 Å². The number of pyridine rings is 1. The Labute approximate surface area is 236 Å². The number of esters is 2. The Morgan fingerprint density at radius 1 is 0.902 bits per heavy atom. The van der Waals surface area contributed by atoms with Crippen molar-refractivity contribution in [3.05, 3.63) is 77.1 Å². The molecule has 220 valence electrons. The Hall–Kier alpha value is -4.74. The highest BCUT2D eigenvalue weighted by Crippen LogP contribution is 2.35. The molecule has 0 radical (unpaired) electrons. The van der Waals surface area contributed by atoms with Gasteiger partial charge in [0, 0.05) is 43.7 Å². The van der Waals surface area contributed by atoms with Crippen molar-refractivity contribution < 1.29 is 46.8 Å². The van der Waals surface area contributed by atoms with Crippen molar-refractivity contribution in [1.29, 1.82) is 0 Å². The van der Waals surface area contributed by atoms with E-state index in [-0.39, 0.29) is 23.6 Å². The van der Waals surface area contributed by atoms with E-state index in [0.29, 0.717) is 22.6 Å². The van der Waals surface area contributed by atoms with E-state index >= 15 is 0 Å². The molecule has 12 heteroatoms. The summed E-state index contributed by atoms with van der Waals surface area (Å²) in [6.07, 6.45) is 0.891. The lowest BCUT2D eigenvalue weighted by Gasteiger charge is -2.26. The fraction of sp³-hybridized carbons (Fsp3) is 0.310. The normalized spacial score (nSPS) is 11.0. The van der Waals surface area contributed by atoms with Gasteiger partial charge in [0.2, 0.25) is 5.75 Å². The molecule has 2 N–H and O–H groups in total. The summed E-state index contributed by atoms with van der Waals surface area (Å²) >= 11 is 0. The van der Waals surface area contributed by atoms with Gasteiger partial charge in [0.25, 0.3) is 5.91 Å². The highest BCUT2D eigenvalue weighted by molar-refractivity contribution is 5.95. The standard InChI is InChI=1S/C20H22F2O4.C9H10N2O4/c1-5-19(23)26-12(2)20(13-6-15(21)10-17(8-13)24-3)14-7-16(22)11-18(9-14)25-4;1-5(12)15-8-6(14-2)3-4-11-7(8)9(10)13/h6-12,20H,5H2,1-4H3;3-4H,1-2H3,(H2,10,13). The molecule has 0 bridgehead atoms. The molecular weight excluding hydrogens is 542 g/mol. The lowest BCUT2D eigenvalue weighted by molar-refractivity contribution is -0.148. The summed E-state index contributed by atoms with van der Waals surface area (Å²) in [4.78, 5) is 37.2. The summed E-state index contributed by atoms with van der Waals surface area (Å²) < 4.78 is 53.4. The van der Waals surface area contributed by atoms with E-state index in [1.165, 1.54) is 64.8 Å². The highest BCUT2D eigenvalue weighted by atomic mass is 19.1. The van der Waals surface area contributed by atoms with Gasteiger partial charge in [-0.15, -0.1) is 0 Å². The fourth-order valence-electron chi connectivity index (χ4n) is 3.87. The molecule has 0 saturated heterocycles. The zero-order valence-electron chi connectivity index (χ0n) is 23.5. The summed E-state index contributed by atoms with van der Waals surface area (Å²) in [6, 6.07) is 9.88. The number of halogens is 2. The number of carbonyl (C=O) groups is 3. The Morgan fingerprint density at radius 2 is 1.44 bits per heavy atom. The molecule has 10 nitrogen and oxygen atoms in total. The summed E-state index contributed by atoms with van der Waals surface area (Å²) in [6.45, 7) is 4.57. The van der Waals surface area contributed by atoms with Crippen LogP contribution < -0.4 is 24.7 Å². The first-order valence-corrected chi connectivity index (χ1v) is 12.3. The zero-order valence-corrected chi connectivity index (χ0v) is 23.5. The average molecular weight is 575 g/mol. The number of primary amides is 1. The van der Waals surface area contributed by atoms with Gasteiger partial charge in [0.05, 0.1) is 21.3 Å². The van der Waals surface area contributed by atoms with Gasteiger partial charge in [-0.2, -0.15) is 0 Å². The number of ether oxygens (including phenoxy) is 5. The van der Waals surface area contributed by atoms with Crippen LogP contribution in [0.4, 0.5) is 8.78 Å². The molecule has 0 fully saturated rings. The largest absolute Gasteiger partial charge is 0.497 e. The number of hydrogen-bond donors (Lipinski definition) is 1. The second-order valence-corrected chi connectivity index (χ2v) is 8.52.